The van der Waals surface area contributed by atoms with Crippen molar-refractivity contribution < 1.29 is 48.1 Å². The van der Waals surface area contributed by atoms with Crippen LogP contribution in [0.1, 0.15) is 65.9 Å². The van der Waals surface area contributed by atoms with Gasteiger partial charge in [-0.15, -0.1) is 0 Å². The van der Waals surface area contributed by atoms with Crippen molar-refractivity contribution in [3.8, 4) is 0 Å². The number of aliphatic carboxylic acids is 1. The number of hydrogen-bond acceptors (Lipinski definition) is 10. The van der Waals surface area contributed by atoms with Crippen LogP contribution < -0.4 is 10.6 Å². The number of carboxylic acids is 1. The Hall–Kier alpha value is -4.82. The lowest BCUT2D eigenvalue weighted by Crippen LogP contribution is -2.54. The van der Waals surface area contributed by atoms with E-state index in [9.17, 15) is 33.9 Å². The third-order valence-corrected chi connectivity index (χ3v) is 8.41. The van der Waals surface area contributed by atoms with Gasteiger partial charge in [-0.1, -0.05) is 36.9 Å². The third kappa shape index (κ3) is 10.8. The van der Waals surface area contributed by atoms with Gasteiger partial charge in [0, 0.05) is 25.8 Å². The highest BCUT2D eigenvalue weighted by molar-refractivity contribution is 5.92. The Kier molecular flexibility index (Phi) is 13.4. The van der Waals surface area contributed by atoms with Gasteiger partial charge >= 0.3 is 24.1 Å². The van der Waals surface area contributed by atoms with Crippen molar-refractivity contribution in [1.82, 2.24) is 25.3 Å². The fourth-order valence-corrected chi connectivity index (χ4v) is 5.58. The summed E-state index contributed by atoms with van der Waals surface area (Å²) < 4.78 is 15.8. The summed E-state index contributed by atoms with van der Waals surface area (Å²) in [6.07, 6.45) is 0.755. The second-order valence-electron chi connectivity index (χ2n) is 13.3. The molecule has 0 aromatic heterocycles. The predicted octanol–water partition coefficient (Wildman–Crippen LogP) is 2.64. The minimum absolute atomic E-state index is 0.0797. The van der Waals surface area contributed by atoms with Gasteiger partial charge in [0.05, 0.1) is 6.04 Å². The van der Waals surface area contributed by atoms with Crippen LogP contribution in [0.4, 0.5) is 9.59 Å². The standard InChI is InChI=1S/C34H49N5O10/c1-21(35-28(40)23(3)37(7)22(2)26-15-11-18-39(26)33(46)49-34(4,5)6)29(41)38-17-12-16-27(38)31(44)47-20-25(30(42)43)36-32(45)48-19-24-13-9-8-10-14-24/h8-10,13-14,21,23,25-27H,2,11-12,15-20H2,1,3-7H3,(H,35,40)(H,36,45)(H,42,43)/t21-,23-,25-,26-,27-/m0/s1. The number of carboxylic acid groups (broad SMARTS) is 1. The van der Waals surface area contributed by atoms with Crippen LogP contribution in [0.3, 0.4) is 0 Å². The van der Waals surface area contributed by atoms with Crippen molar-refractivity contribution in [2.75, 3.05) is 26.7 Å². The maximum atomic E-state index is 13.4. The van der Waals surface area contributed by atoms with E-state index in [1.165, 1.54) is 11.8 Å². The van der Waals surface area contributed by atoms with E-state index < -0.39 is 72.3 Å². The Morgan fingerprint density at radius 3 is 2.18 bits per heavy atom. The van der Waals surface area contributed by atoms with E-state index in [-0.39, 0.29) is 25.6 Å². The molecule has 1 aromatic carbocycles. The maximum Gasteiger partial charge on any atom is 0.410 e. The molecule has 4 amide bonds. The molecule has 0 saturated carbocycles. The molecule has 15 nitrogen and oxygen atoms in total. The normalized spacial score (nSPS) is 19.2. The lowest BCUT2D eigenvalue weighted by atomic mass is 10.1. The molecule has 3 N–H and O–H groups in total. The number of hydrogen-bond donors (Lipinski definition) is 3. The van der Waals surface area contributed by atoms with E-state index in [0.717, 1.165) is 6.42 Å². The first-order valence-electron chi connectivity index (χ1n) is 16.4. The number of likely N-dealkylation sites (tertiary alicyclic amines) is 2. The minimum atomic E-state index is -1.58. The highest BCUT2D eigenvalue weighted by atomic mass is 16.6. The summed E-state index contributed by atoms with van der Waals surface area (Å²) in [5.74, 6) is -3.23. The second kappa shape index (κ2) is 17.0. The van der Waals surface area contributed by atoms with Gasteiger partial charge in [-0.3, -0.25) is 14.5 Å². The van der Waals surface area contributed by atoms with Gasteiger partial charge in [0.1, 0.15) is 36.9 Å². The van der Waals surface area contributed by atoms with Crippen molar-refractivity contribution in [2.45, 2.75) is 103 Å². The molecule has 1 aromatic rings. The molecule has 0 spiro atoms. The number of carbonyl (C=O) groups excluding carboxylic acids is 5. The number of carbonyl (C=O) groups is 6. The number of alkyl carbamates (subject to hydrolysis) is 1. The van der Waals surface area contributed by atoms with Gasteiger partial charge in [0.2, 0.25) is 11.8 Å². The Labute approximate surface area is 286 Å². The minimum Gasteiger partial charge on any atom is -0.480 e. The van der Waals surface area contributed by atoms with Crippen LogP contribution >= 0.6 is 0 Å². The van der Waals surface area contributed by atoms with E-state index in [1.54, 1.807) is 74.9 Å². The van der Waals surface area contributed by atoms with Crippen molar-refractivity contribution in [3.63, 3.8) is 0 Å². The highest BCUT2D eigenvalue weighted by Crippen LogP contribution is 2.27. The van der Waals surface area contributed by atoms with E-state index in [4.69, 9.17) is 14.2 Å². The molecule has 49 heavy (non-hydrogen) atoms. The zero-order chi connectivity index (χ0) is 36.5. The smallest absolute Gasteiger partial charge is 0.410 e. The molecule has 0 bridgehead atoms. The molecule has 0 radical (unpaired) electrons. The number of ether oxygens (including phenoxy) is 3. The SMILES string of the molecule is C=C([C@@H]1CCCN1C(=O)OC(C)(C)C)N(C)[C@@H](C)C(=O)N[C@@H](C)C(=O)N1CCC[C@H]1C(=O)OC[C@H](NC(=O)OCc1ccccc1)C(=O)O. The fourth-order valence-electron chi connectivity index (χ4n) is 5.58. The lowest BCUT2D eigenvalue weighted by molar-refractivity contribution is -0.156. The van der Waals surface area contributed by atoms with Gasteiger partial charge < -0.3 is 39.8 Å². The summed E-state index contributed by atoms with van der Waals surface area (Å²) in [4.78, 5) is 80.9. The Morgan fingerprint density at radius 1 is 0.959 bits per heavy atom. The van der Waals surface area contributed by atoms with E-state index >= 15 is 0 Å². The largest absolute Gasteiger partial charge is 0.480 e. The number of likely N-dealkylation sites (N-methyl/N-ethyl adjacent to an activating group) is 1. The van der Waals surface area contributed by atoms with Crippen molar-refractivity contribution in [1.29, 1.82) is 0 Å². The molecule has 0 unspecified atom stereocenters. The number of benzene rings is 1. The van der Waals surface area contributed by atoms with Crippen LogP contribution in [-0.2, 0) is 40.0 Å². The van der Waals surface area contributed by atoms with Gasteiger partial charge in [-0.25, -0.2) is 19.2 Å². The van der Waals surface area contributed by atoms with Crippen LogP contribution in [0.5, 0.6) is 0 Å². The summed E-state index contributed by atoms with van der Waals surface area (Å²) in [5.41, 5.74) is 0.607. The third-order valence-electron chi connectivity index (χ3n) is 8.41. The predicted molar refractivity (Wildman–Crippen MR) is 177 cm³/mol. The number of rotatable bonds is 13. The summed E-state index contributed by atoms with van der Waals surface area (Å²) in [6.45, 7) is 12.7. The van der Waals surface area contributed by atoms with Crippen molar-refractivity contribution in [2.24, 2.45) is 0 Å². The molecule has 2 aliphatic heterocycles. The average molecular weight is 688 g/mol. The van der Waals surface area contributed by atoms with E-state index in [2.05, 4.69) is 17.2 Å². The molecule has 2 saturated heterocycles. The molecule has 2 aliphatic rings. The average Bonchev–Trinajstić information content (AvgIpc) is 3.74. The highest BCUT2D eigenvalue weighted by Gasteiger charge is 2.40. The lowest BCUT2D eigenvalue weighted by Gasteiger charge is -2.36. The molecule has 5 atom stereocenters. The molecule has 0 aliphatic carbocycles. The first-order chi connectivity index (χ1) is 23.0. The van der Waals surface area contributed by atoms with Crippen LogP contribution in [-0.4, -0.2) is 118 Å². The van der Waals surface area contributed by atoms with Gasteiger partial charge in [0.25, 0.3) is 0 Å². The first kappa shape index (κ1) is 38.6. The molecular formula is C34H49N5O10. The molecule has 2 fully saturated rings. The van der Waals surface area contributed by atoms with Gasteiger partial charge in [-0.05, 0) is 65.9 Å². The Bertz CT molecular complexity index is 1380. The number of nitrogens with zero attached hydrogens (tertiary/aromatic N) is 3. The summed E-state index contributed by atoms with van der Waals surface area (Å²) in [5, 5.41) is 14.4. The molecule has 15 heteroatoms. The monoisotopic (exact) mass is 687 g/mol. The van der Waals surface area contributed by atoms with E-state index in [1.807, 2.05) is 0 Å². The Morgan fingerprint density at radius 2 is 1.57 bits per heavy atom. The molecule has 270 valence electrons. The maximum absolute atomic E-state index is 13.4. The topological polar surface area (TPSA) is 184 Å². The van der Waals surface area contributed by atoms with Crippen LogP contribution in [0.2, 0.25) is 0 Å². The summed E-state index contributed by atoms with van der Waals surface area (Å²) in [6, 6.07) is 4.14. The van der Waals surface area contributed by atoms with Crippen molar-refractivity contribution in [3.05, 3.63) is 48.2 Å². The summed E-state index contributed by atoms with van der Waals surface area (Å²) >= 11 is 0. The summed E-state index contributed by atoms with van der Waals surface area (Å²) in [7, 11) is 1.69. The quantitative estimate of drug-likeness (QED) is 0.205. The fraction of sp³-hybridized carbons (Fsp3) is 0.588. The van der Waals surface area contributed by atoms with E-state index in [0.29, 0.717) is 30.6 Å². The zero-order valence-corrected chi connectivity index (χ0v) is 29.1. The van der Waals surface area contributed by atoms with Gasteiger partial charge in [0.15, 0.2) is 6.04 Å². The van der Waals surface area contributed by atoms with Crippen LogP contribution in [0.15, 0.2) is 42.6 Å². The molecular weight excluding hydrogens is 638 g/mol. The molecule has 3 rings (SSSR count). The second-order valence-corrected chi connectivity index (χ2v) is 13.3. The first-order valence-corrected chi connectivity index (χ1v) is 16.4. The van der Waals surface area contributed by atoms with Crippen molar-refractivity contribution >= 4 is 35.9 Å². The number of amides is 4. The van der Waals surface area contributed by atoms with Crippen LogP contribution in [0, 0.1) is 0 Å². The molecule has 2 heterocycles. The number of esters is 1. The zero-order valence-electron chi connectivity index (χ0n) is 29.1. The van der Waals surface area contributed by atoms with Crippen LogP contribution in [0.25, 0.3) is 0 Å². The number of nitrogens with one attached hydrogen (secondary N) is 2. The Balaban J connectivity index is 1.52. The van der Waals surface area contributed by atoms with Gasteiger partial charge in [-0.2, -0.15) is 0 Å².